The van der Waals surface area contributed by atoms with Crippen LogP contribution in [0.5, 0.6) is 0 Å². The molecular formula is C25H25FN2O. The molecule has 0 aliphatic carbocycles. The normalized spacial score (nSPS) is 12.7. The molecule has 1 N–H and O–H groups in total. The summed E-state index contributed by atoms with van der Waals surface area (Å²) in [5, 5.41) is 2.96. The Balaban J connectivity index is 1.25. The summed E-state index contributed by atoms with van der Waals surface area (Å²) < 4.78 is 12.9. The highest BCUT2D eigenvalue weighted by Gasteiger charge is 2.18. The second-order valence-corrected chi connectivity index (χ2v) is 7.48. The van der Waals surface area contributed by atoms with E-state index in [1.807, 2.05) is 24.3 Å². The van der Waals surface area contributed by atoms with E-state index in [9.17, 15) is 9.18 Å². The fraction of sp³-hybridized carbons (Fsp3) is 0.240. The molecule has 0 unspecified atom stereocenters. The molecule has 1 aliphatic rings. The van der Waals surface area contributed by atoms with Crippen LogP contribution >= 0.6 is 0 Å². The first-order valence-electron chi connectivity index (χ1n) is 10.1. The molecule has 1 aliphatic heterocycles. The number of rotatable bonds is 7. The number of aryl methyl sites for hydroxylation is 1. The number of fused-ring (bicyclic) bond motifs is 1. The Morgan fingerprint density at radius 2 is 1.66 bits per heavy atom. The Hall–Kier alpha value is -3.14. The maximum Gasteiger partial charge on any atom is 0.251 e. The topological polar surface area (TPSA) is 32.3 Å². The number of carbonyl (C=O) groups is 1. The molecular weight excluding hydrogens is 363 g/mol. The highest BCUT2D eigenvalue weighted by atomic mass is 19.1. The van der Waals surface area contributed by atoms with Crippen LogP contribution in [0.4, 0.5) is 10.1 Å². The first-order chi connectivity index (χ1) is 14.2. The zero-order valence-corrected chi connectivity index (χ0v) is 16.4. The van der Waals surface area contributed by atoms with E-state index in [2.05, 4.69) is 34.5 Å². The minimum absolute atomic E-state index is 0.0535. The average molecular weight is 388 g/mol. The van der Waals surface area contributed by atoms with Gasteiger partial charge in [-0.05, 0) is 66.3 Å². The lowest BCUT2D eigenvalue weighted by atomic mass is 10.1. The van der Waals surface area contributed by atoms with Crippen LogP contribution in [0.2, 0.25) is 0 Å². The summed E-state index contributed by atoms with van der Waals surface area (Å²) in [7, 11) is 0. The molecule has 3 aromatic carbocycles. The number of hydrogen-bond acceptors (Lipinski definition) is 2. The van der Waals surface area contributed by atoms with E-state index < -0.39 is 0 Å². The number of benzene rings is 3. The SMILES string of the molecule is O=C(NCCCc1ccc(F)cc1)c1ccc(CN2CCc3ccccc32)cc1. The van der Waals surface area contributed by atoms with Crippen molar-refractivity contribution in [2.75, 3.05) is 18.0 Å². The summed E-state index contributed by atoms with van der Waals surface area (Å²) in [6.45, 7) is 2.49. The highest BCUT2D eigenvalue weighted by molar-refractivity contribution is 5.94. The van der Waals surface area contributed by atoms with Gasteiger partial charge in [0.25, 0.3) is 5.91 Å². The smallest absolute Gasteiger partial charge is 0.251 e. The van der Waals surface area contributed by atoms with Gasteiger partial charge in [-0.2, -0.15) is 0 Å². The molecule has 0 bridgehead atoms. The third-order valence-electron chi connectivity index (χ3n) is 5.41. The lowest BCUT2D eigenvalue weighted by Gasteiger charge is -2.19. The Morgan fingerprint density at radius 3 is 2.45 bits per heavy atom. The van der Waals surface area contributed by atoms with Crippen molar-refractivity contribution >= 4 is 11.6 Å². The standard InChI is InChI=1S/C25H25FN2O/c26-23-13-9-19(10-14-23)4-3-16-27-25(29)22-11-7-20(8-12-22)18-28-17-15-21-5-1-2-6-24(21)28/h1-2,5-14H,3-4,15-18H2,(H,27,29). The van der Waals surface area contributed by atoms with Crippen LogP contribution in [0.25, 0.3) is 0 Å². The Labute approximate surface area is 171 Å². The molecule has 1 amide bonds. The van der Waals surface area contributed by atoms with Gasteiger partial charge in [0.05, 0.1) is 0 Å². The molecule has 0 atom stereocenters. The van der Waals surface area contributed by atoms with Gasteiger partial charge in [0.2, 0.25) is 0 Å². The minimum Gasteiger partial charge on any atom is -0.367 e. The number of hydrogen-bond donors (Lipinski definition) is 1. The second kappa shape index (κ2) is 8.91. The van der Waals surface area contributed by atoms with Crippen molar-refractivity contribution in [1.82, 2.24) is 5.32 Å². The second-order valence-electron chi connectivity index (χ2n) is 7.48. The molecule has 4 heteroatoms. The van der Waals surface area contributed by atoms with Crippen molar-refractivity contribution < 1.29 is 9.18 Å². The molecule has 0 radical (unpaired) electrons. The van der Waals surface area contributed by atoms with Crippen molar-refractivity contribution in [3.8, 4) is 0 Å². The number of nitrogens with zero attached hydrogens (tertiary/aromatic N) is 1. The molecule has 0 saturated heterocycles. The first kappa shape index (κ1) is 19.2. The average Bonchev–Trinajstić information content (AvgIpc) is 3.16. The number of anilines is 1. The molecule has 29 heavy (non-hydrogen) atoms. The van der Waals surface area contributed by atoms with Crippen LogP contribution in [0.1, 0.15) is 33.5 Å². The van der Waals surface area contributed by atoms with Crippen molar-refractivity contribution in [3.63, 3.8) is 0 Å². The lowest BCUT2D eigenvalue weighted by molar-refractivity contribution is 0.0953. The van der Waals surface area contributed by atoms with Gasteiger partial charge in [-0.1, -0.05) is 42.5 Å². The zero-order valence-electron chi connectivity index (χ0n) is 16.4. The van der Waals surface area contributed by atoms with E-state index in [0.29, 0.717) is 12.1 Å². The number of para-hydroxylation sites is 1. The van der Waals surface area contributed by atoms with Crippen molar-refractivity contribution in [2.45, 2.75) is 25.8 Å². The van der Waals surface area contributed by atoms with E-state index >= 15 is 0 Å². The minimum atomic E-state index is -0.223. The predicted molar refractivity (Wildman–Crippen MR) is 115 cm³/mol. The van der Waals surface area contributed by atoms with E-state index in [4.69, 9.17) is 0 Å². The summed E-state index contributed by atoms with van der Waals surface area (Å²) in [5.41, 5.74) is 5.68. The fourth-order valence-electron chi connectivity index (χ4n) is 3.80. The van der Waals surface area contributed by atoms with Crippen LogP contribution in [-0.4, -0.2) is 19.0 Å². The van der Waals surface area contributed by atoms with Gasteiger partial charge < -0.3 is 10.2 Å². The summed E-state index contributed by atoms with van der Waals surface area (Å²) in [6.07, 6.45) is 2.73. The monoisotopic (exact) mass is 388 g/mol. The zero-order chi connectivity index (χ0) is 20.1. The third kappa shape index (κ3) is 4.83. The Kier molecular flexibility index (Phi) is 5.89. The molecule has 3 nitrogen and oxygen atoms in total. The van der Waals surface area contributed by atoms with Crippen molar-refractivity contribution in [1.29, 1.82) is 0 Å². The van der Waals surface area contributed by atoms with E-state index in [-0.39, 0.29) is 11.7 Å². The molecule has 0 saturated carbocycles. The van der Waals surface area contributed by atoms with Crippen LogP contribution in [-0.2, 0) is 19.4 Å². The molecule has 3 aromatic rings. The van der Waals surface area contributed by atoms with Crippen LogP contribution < -0.4 is 10.2 Å². The maximum atomic E-state index is 12.9. The van der Waals surface area contributed by atoms with Crippen molar-refractivity contribution in [2.24, 2.45) is 0 Å². The fourth-order valence-corrected chi connectivity index (χ4v) is 3.80. The van der Waals surface area contributed by atoms with Gasteiger partial charge in [-0.25, -0.2) is 4.39 Å². The number of nitrogens with one attached hydrogen (secondary N) is 1. The lowest BCUT2D eigenvalue weighted by Crippen LogP contribution is -2.25. The summed E-state index contributed by atoms with van der Waals surface area (Å²) in [6, 6.07) is 22.9. The van der Waals surface area contributed by atoms with Crippen LogP contribution in [0, 0.1) is 5.82 Å². The number of amides is 1. The van der Waals surface area contributed by atoms with E-state index in [0.717, 1.165) is 37.9 Å². The van der Waals surface area contributed by atoms with Gasteiger partial charge in [-0.3, -0.25) is 4.79 Å². The van der Waals surface area contributed by atoms with Crippen LogP contribution in [0.15, 0.2) is 72.8 Å². The van der Waals surface area contributed by atoms with E-state index in [1.165, 1.54) is 28.9 Å². The number of halogens is 1. The largest absolute Gasteiger partial charge is 0.367 e. The van der Waals surface area contributed by atoms with Gasteiger partial charge >= 0.3 is 0 Å². The van der Waals surface area contributed by atoms with E-state index in [1.54, 1.807) is 12.1 Å². The molecule has 4 rings (SSSR count). The first-order valence-corrected chi connectivity index (χ1v) is 10.1. The number of carbonyl (C=O) groups excluding carboxylic acids is 1. The Morgan fingerprint density at radius 1 is 0.931 bits per heavy atom. The predicted octanol–water partition coefficient (Wildman–Crippen LogP) is 4.75. The van der Waals surface area contributed by atoms with Gasteiger partial charge in [0.1, 0.15) is 5.82 Å². The molecule has 0 spiro atoms. The molecule has 1 heterocycles. The van der Waals surface area contributed by atoms with Gasteiger partial charge in [-0.15, -0.1) is 0 Å². The maximum absolute atomic E-state index is 12.9. The molecule has 0 fully saturated rings. The molecule has 148 valence electrons. The highest BCUT2D eigenvalue weighted by Crippen LogP contribution is 2.28. The van der Waals surface area contributed by atoms with Crippen LogP contribution in [0.3, 0.4) is 0 Å². The Bertz CT molecular complexity index is 967. The van der Waals surface area contributed by atoms with Gasteiger partial charge in [0.15, 0.2) is 0 Å². The quantitative estimate of drug-likeness (QED) is 0.593. The summed E-state index contributed by atoms with van der Waals surface area (Å²) >= 11 is 0. The van der Waals surface area contributed by atoms with Gasteiger partial charge in [0, 0.05) is 30.9 Å². The third-order valence-corrected chi connectivity index (χ3v) is 5.41. The summed E-state index contributed by atoms with van der Waals surface area (Å²) in [4.78, 5) is 14.7. The molecule has 0 aromatic heterocycles. The van der Waals surface area contributed by atoms with Crippen molar-refractivity contribution in [3.05, 3.63) is 101 Å². The summed E-state index contributed by atoms with van der Waals surface area (Å²) in [5.74, 6) is -0.276.